The number of anilines is 1. The summed E-state index contributed by atoms with van der Waals surface area (Å²) in [7, 11) is 0. The molecule has 0 bridgehead atoms. The highest BCUT2D eigenvalue weighted by atomic mass is 35.5. The Hall–Kier alpha value is -4.28. The number of aromatic carboxylic acids is 1. The zero-order valence-corrected chi connectivity index (χ0v) is 19.9. The third-order valence-corrected chi connectivity index (χ3v) is 5.12. The molecule has 0 aliphatic rings. The van der Waals surface area contributed by atoms with E-state index in [9.17, 15) is 14.9 Å². The first-order valence-electron chi connectivity index (χ1n) is 10.7. The Labute approximate surface area is 208 Å². The molecule has 0 saturated heterocycles. The van der Waals surface area contributed by atoms with Gasteiger partial charge in [0.1, 0.15) is 18.2 Å². The van der Waals surface area contributed by atoms with E-state index in [1.807, 2.05) is 44.2 Å². The number of nitrogens with zero attached hydrogens (tertiary/aromatic N) is 1. The molecule has 1 amide bonds. The molecule has 8 heteroatoms. The van der Waals surface area contributed by atoms with Crippen molar-refractivity contribution in [2.75, 3.05) is 11.9 Å². The van der Waals surface area contributed by atoms with Gasteiger partial charge < -0.3 is 19.9 Å². The lowest BCUT2D eigenvalue weighted by molar-refractivity contribution is -0.112. The van der Waals surface area contributed by atoms with Gasteiger partial charge in [-0.05, 0) is 61.4 Å². The highest BCUT2D eigenvalue weighted by Crippen LogP contribution is 2.38. The fraction of sp³-hybridized carbons (Fsp3) is 0.148. The third-order valence-electron chi connectivity index (χ3n) is 4.84. The number of amides is 1. The summed E-state index contributed by atoms with van der Waals surface area (Å²) >= 11 is 6.48. The van der Waals surface area contributed by atoms with Crippen LogP contribution < -0.4 is 14.8 Å². The normalized spacial score (nSPS) is 10.9. The molecule has 3 aromatic carbocycles. The first-order valence-corrected chi connectivity index (χ1v) is 11.1. The maximum atomic E-state index is 12.6. The predicted octanol–water partition coefficient (Wildman–Crippen LogP) is 5.87. The zero-order valence-electron chi connectivity index (χ0n) is 19.2. The maximum absolute atomic E-state index is 12.6. The Morgan fingerprint density at radius 1 is 1.11 bits per heavy atom. The SMILES string of the molecule is CCOc1cc(/C=C(/C#N)C(=O)Nc2cccc(C(=O)O)c2)cc(Cl)c1OCc1cccc(C)c1. The number of nitrogens with one attached hydrogen (secondary N) is 1. The number of carboxylic acid groups (broad SMARTS) is 1. The van der Waals surface area contributed by atoms with E-state index in [1.165, 1.54) is 30.3 Å². The van der Waals surface area contributed by atoms with Gasteiger partial charge >= 0.3 is 5.97 Å². The van der Waals surface area contributed by atoms with Gasteiger partial charge in [0, 0.05) is 5.69 Å². The van der Waals surface area contributed by atoms with Gasteiger partial charge in [-0.2, -0.15) is 5.26 Å². The predicted molar refractivity (Wildman–Crippen MR) is 134 cm³/mol. The summed E-state index contributed by atoms with van der Waals surface area (Å²) in [5.74, 6) is -1.07. The number of hydrogen-bond acceptors (Lipinski definition) is 5. The largest absolute Gasteiger partial charge is 0.490 e. The number of carbonyl (C=O) groups is 2. The van der Waals surface area contributed by atoms with Gasteiger partial charge in [-0.3, -0.25) is 4.79 Å². The lowest BCUT2D eigenvalue weighted by Crippen LogP contribution is -2.14. The Morgan fingerprint density at radius 2 is 1.89 bits per heavy atom. The lowest BCUT2D eigenvalue weighted by Gasteiger charge is -2.15. The van der Waals surface area contributed by atoms with Crippen LogP contribution in [0.25, 0.3) is 6.08 Å². The smallest absolute Gasteiger partial charge is 0.335 e. The van der Waals surface area contributed by atoms with E-state index in [0.29, 0.717) is 23.7 Å². The summed E-state index contributed by atoms with van der Waals surface area (Å²) in [5, 5.41) is 21.5. The molecular weight excluding hydrogens is 468 g/mol. The highest BCUT2D eigenvalue weighted by Gasteiger charge is 2.15. The van der Waals surface area contributed by atoms with Gasteiger partial charge in [-0.1, -0.05) is 47.5 Å². The summed E-state index contributed by atoms with van der Waals surface area (Å²) in [4.78, 5) is 23.8. The van der Waals surface area contributed by atoms with Crippen molar-refractivity contribution in [3.63, 3.8) is 0 Å². The number of aryl methyl sites for hydroxylation is 1. The van der Waals surface area contributed by atoms with Crippen LogP contribution in [0.1, 0.15) is 34.0 Å². The van der Waals surface area contributed by atoms with Crippen LogP contribution in [0.4, 0.5) is 5.69 Å². The molecule has 2 N–H and O–H groups in total. The van der Waals surface area contributed by atoms with Crippen LogP contribution in [0.5, 0.6) is 11.5 Å². The van der Waals surface area contributed by atoms with Crippen molar-refractivity contribution in [3.05, 3.63) is 93.5 Å². The molecule has 0 unspecified atom stereocenters. The third kappa shape index (κ3) is 6.85. The van der Waals surface area contributed by atoms with Crippen LogP contribution in [-0.4, -0.2) is 23.6 Å². The minimum Gasteiger partial charge on any atom is -0.490 e. The molecule has 178 valence electrons. The lowest BCUT2D eigenvalue weighted by atomic mass is 10.1. The van der Waals surface area contributed by atoms with E-state index < -0.39 is 11.9 Å². The van der Waals surface area contributed by atoms with E-state index in [-0.39, 0.29) is 28.5 Å². The van der Waals surface area contributed by atoms with Crippen molar-refractivity contribution < 1.29 is 24.2 Å². The van der Waals surface area contributed by atoms with Gasteiger partial charge in [0.05, 0.1) is 17.2 Å². The highest BCUT2D eigenvalue weighted by molar-refractivity contribution is 6.32. The maximum Gasteiger partial charge on any atom is 0.335 e. The van der Waals surface area contributed by atoms with Gasteiger partial charge in [0.25, 0.3) is 5.91 Å². The number of ether oxygens (including phenoxy) is 2. The summed E-state index contributed by atoms with van der Waals surface area (Å²) in [5.41, 5.74) is 2.62. The molecule has 0 heterocycles. The van der Waals surface area contributed by atoms with Crippen LogP contribution in [0.2, 0.25) is 5.02 Å². The van der Waals surface area contributed by atoms with Gasteiger partial charge in [-0.15, -0.1) is 0 Å². The molecule has 3 rings (SSSR count). The second-order valence-corrected chi connectivity index (χ2v) is 7.96. The van der Waals surface area contributed by atoms with Gasteiger partial charge in [-0.25, -0.2) is 4.79 Å². The number of benzene rings is 3. The second kappa shape index (κ2) is 11.7. The van der Waals surface area contributed by atoms with Crippen LogP contribution in [0, 0.1) is 18.3 Å². The van der Waals surface area contributed by atoms with Crippen molar-refractivity contribution in [1.82, 2.24) is 0 Å². The Balaban J connectivity index is 1.85. The Bertz CT molecular complexity index is 1330. The molecule has 35 heavy (non-hydrogen) atoms. The summed E-state index contributed by atoms with van der Waals surface area (Å²) < 4.78 is 11.6. The van der Waals surface area contributed by atoms with Gasteiger partial charge in [0.2, 0.25) is 0 Å². The van der Waals surface area contributed by atoms with Crippen molar-refractivity contribution in [2.24, 2.45) is 0 Å². The monoisotopic (exact) mass is 490 g/mol. The van der Waals surface area contributed by atoms with Crippen molar-refractivity contribution in [1.29, 1.82) is 5.26 Å². The average molecular weight is 491 g/mol. The topological polar surface area (TPSA) is 109 Å². The van der Waals surface area contributed by atoms with Crippen LogP contribution in [-0.2, 0) is 11.4 Å². The standard InChI is InChI=1S/C27H23ClN2O5/c1-3-34-24-13-19(12-23(28)25(24)35-16-18-7-4-6-17(2)10-18)11-21(15-29)26(31)30-22-9-5-8-20(14-22)27(32)33/h4-14H,3,16H2,1-2H3,(H,30,31)(H,32,33)/b21-11-. The molecule has 0 aliphatic carbocycles. The molecule has 0 spiro atoms. The van der Waals surface area contributed by atoms with E-state index >= 15 is 0 Å². The molecular formula is C27H23ClN2O5. The quantitative estimate of drug-likeness (QED) is 0.287. The number of halogens is 1. The van der Waals surface area contributed by atoms with E-state index in [0.717, 1.165) is 11.1 Å². The molecule has 0 aromatic heterocycles. The minimum atomic E-state index is -1.13. The number of nitriles is 1. The molecule has 0 aliphatic heterocycles. The molecule has 0 atom stereocenters. The zero-order chi connectivity index (χ0) is 25.4. The Morgan fingerprint density at radius 3 is 2.57 bits per heavy atom. The Kier molecular flexibility index (Phi) is 8.49. The van der Waals surface area contributed by atoms with E-state index in [2.05, 4.69) is 5.32 Å². The summed E-state index contributed by atoms with van der Waals surface area (Å²) in [6.45, 7) is 4.46. The first-order chi connectivity index (χ1) is 16.8. The van der Waals surface area contributed by atoms with Crippen LogP contribution in [0.3, 0.4) is 0 Å². The van der Waals surface area contributed by atoms with E-state index in [1.54, 1.807) is 12.1 Å². The number of carbonyl (C=O) groups excluding carboxylic acids is 1. The molecule has 0 saturated carbocycles. The molecule has 3 aromatic rings. The summed E-state index contributed by atoms with van der Waals surface area (Å²) in [6, 6.07) is 18.7. The second-order valence-electron chi connectivity index (χ2n) is 7.55. The fourth-order valence-electron chi connectivity index (χ4n) is 3.28. The molecule has 0 radical (unpaired) electrons. The van der Waals surface area contributed by atoms with Crippen molar-refractivity contribution >= 4 is 35.2 Å². The van der Waals surface area contributed by atoms with Gasteiger partial charge in [0.15, 0.2) is 11.5 Å². The van der Waals surface area contributed by atoms with Crippen LogP contribution >= 0.6 is 11.6 Å². The van der Waals surface area contributed by atoms with Crippen molar-refractivity contribution in [3.8, 4) is 17.6 Å². The molecule has 0 fully saturated rings. The average Bonchev–Trinajstić information content (AvgIpc) is 2.82. The number of rotatable bonds is 9. The van der Waals surface area contributed by atoms with Crippen molar-refractivity contribution in [2.45, 2.75) is 20.5 Å². The number of hydrogen-bond donors (Lipinski definition) is 2. The van der Waals surface area contributed by atoms with Crippen LogP contribution in [0.15, 0.2) is 66.2 Å². The fourth-order valence-corrected chi connectivity index (χ4v) is 3.55. The number of carboxylic acids is 1. The summed E-state index contributed by atoms with van der Waals surface area (Å²) in [6.07, 6.45) is 1.37. The first kappa shape index (κ1) is 25.3. The minimum absolute atomic E-state index is 0.0136. The molecule has 7 nitrogen and oxygen atoms in total. The van der Waals surface area contributed by atoms with E-state index in [4.69, 9.17) is 26.2 Å².